The zero-order chi connectivity index (χ0) is 68.1. The highest BCUT2D eigenvalue weighted by Crippen LogP contribution is 2.58. The SMILES string of the molecule is C=COC(F)(C(F)(F)C(F)(F)F)C(F)(F)C(F)(F)F.C=COC(F)(C(F)(F)F)C(F)(F)F.C=COC(F)(F)C(F)(F)F.C=COCC(F)(C(F)(F)F)C(F)(F)F.C=COCC(F)(F)F.C=COCCCC(F)(F)C(F)(F)C(F)(F)C(F)F. The van der Waals surface area contributed by atoms with E-state index in [0.717, 1.165) is 12.5 Å². The van der Waals surface area contributed by atoms with Gasteiger partial charge < -0.3 is 28.4 Å². The van der Waals surface area contributed by atoms with Gasteiger partial charge in [0.25, 0.3) is 0 Å². The second kappa shape index (κ2) is 30.8. The minimum atomic E-state index is -7.15. The highest BCUT2D eigenvalue weighted by molar-refractivity contribution is 5.05. The van der Waals surface area contributed by atoms with Gasteiger partial charge in [0.05, 0.1) is 44.2 Å². The third-order valence-corrected chi connectivity index (χ3v) is 6.99. The van der Waals surface area contributed by atoms with Gasteiger partial charge in [-0.15, -0.1) is 0 Å². The first-order chi connectivity index (χ1) is 35.6. The van der Waals surface area contributed by atoms with Crippen molar-refractivity contribution in [2.24, 2.45) is 0 Å². The topological polar surface area (TPSA) is 55.4 Å². The van der Waals surface area contributed by atoms with E-state index in [1.54, 1.807) is 0 Å². The summed E-state index contributed by atoms with van der Waals surface area (Å²) >= 11 is 0. The van der Waals surface area contributed by atoms with Crippen LogP contribution in [0.3, 0.4) is 0 Å². The largest absolute Gasteiger partial charge is 0.502 e. The van der Waals surface area contributed by atoms with Gasteiger partial charge in [0, 0.05) is 6.42 Å². The Balaban J connectivity index is -0.000000216. The van der Waals surface area contributed by atoms with Crippen molar-refractivity contribution in [3.05, 3.63) is 77.0 Å². The first-order valence-electron chi connectivity index (χ1n) is 18.2. The summed E-state index contributed by atoms with van der Waals surface area (Å²) in [6, 6.07) is 0. The lowest BCUT2D eigenvalue weighted by atomic mass is 10.0. The van der Waals surface area contributed by atoms with Crippen molar-refractivity contribution in [1.29, 1.82) is 0 Å². The fourth-order valence-electron chi connectivity index (χ4n) is 3.06. The average Bonchev–Trinajstić information content (AvgIpc) is 3.24. The molecule has 0 radical (unpaired) electrons. The van der Waals surface area contributed by atoms with Crippen LogP contribution in [-0.4, -0.2) is 129 Å². The molecule has 0 aliphatic rings. The molecule has 0 saturated carbocycles. The molecule has 0 heterocycles. The average molecular weight is 1320 g/mol. The van der Waals surface area contributed by atoms with E-state index in [0.29, 0.717) is 6.26 Å². The lowest BCUT2D eigenvalue weighted by molar-refractivity contribution is -0.457. The van der Waals surface area contributed by atoms with Gasteiger partial charge in [-0.05, 0) is 6.42 Å². The van der Waals surface area contributed by atoms with Crippen molar-refractivity contribution < 1.29 is 208 Å². The maximum Gasteiger partial charge on any atom is 0.498 e. The highest BCUT2D eigenvalue weighted by atomic mass is 19.5. The molecule has 0 saturated heterocycles. The van der Waals surface area contributed by atoms with Gasteiger partial charge in [0.15, 0.2) is 6.61 Å². The lowest BCUT2D eigenvalue weighted by Gasteiger charge is -2.38. The van der Waals surface area contributed by atoms with Gasteiger partial charge in [-0.3, -0.25) is 0 Å². The summed E-state index contributed by atoms with van der Waals surface area (Å²) in [5.74, 6) is -44.2. The van der Waals surface area contributed by atoms with Crippen LogP contribution in [0.25, 0.3) is 0 Å². The van der Waals surface area contributed by atoms with Crippen LogP contribution < -0.4 is 0 Å². The smallest absolute Gasteiger partial charge is 0.498 e. The third kappa shape index (κ3) is 24.3. The van der Waals surface area contributed by atoms with E-state index in [1.165, 1.54) is 0 Å². The molecule has 0 N–H and O–H groups in total. The van der Waals surface area contributed by atoms with Gasteiger partial charge in [-0.25, -0.2) is 13.2 Å². The molecule has 0 unspecified atom stereocenters. The van der Waals surface area contributed by atoms with Crippen LogP contribution in [0.15, 0.2) is 77.0 Å². The predicted molar refractivity (Wildman–Crippen MR) is 187 cm³/mol. The van der Waals surface area contributed by atoms with E-state index in [4.69, 9.17) is 0 Å². The zero-order valence-corrected chi connectivity index (χ0v) is 38.3. The summed E-state index contributed by atoms with van der Waals surface area (Å²) in [7, 11) is 0. The molecule has 0 amide bonds. The van der Waals surface area contributed by atoms with Crippen LogP contribution in [-0.2, 0) is 28.4 Å². The molecule has 0 aromatic heterocycles. The minimum Gasteiger partial charge on any atom is -0.502 e. The van der Waals surface area contributed by atoms with Crippen molar-refractivity contribution in [3.8, 4) is 0 Å². The maximum absolute atomic E-state index is 13.1. The van der Waals surface area contributed by atoms with Crippen molar-refractivity contribution in [3.63, 3.8) is 0 Å². The lowest BCUT2D eigenvalue weighted by Crippen LogP contribution is -2.68. The molecule has 47 heteroatoms. The molecule has 0 aromatic rings. The van der Waals surface area contributed by atoms with Gasteiger partial charge in [-0.2, -0.15) is 167 Å². The number of halogens is 41. The van der Waals surface area contributed by atoms with Gasteiger partial charge in [0.2, 0.25) is 0 Å². The number of alkyl halides is 41. The Bertz CT molecular complexity index is 1830. The molecule has 0 fully saturated rings. The summed E-state index contributed by atoms with van der Waals surface area (Å²) in [4.78, 5) is 0. The molecule has 0 aliphatic heterocycles. The Hall–Kier alpha value is -5.63. The molecule has 82 heavy (non-hydrogen) atoms. The molecule has 0 rings (SSSR count). The highest BCUT2D eigenvalue weighted by Gasteiger charge is 2.89. The molecule has 0 spiro atoms. The van der Waals surface area contributed by atoms with Crippen LogP contribution in [0.2, 0.25) is 0 Å². The van der Waals surface area contributed by atoms with Crippen LogP contribution in [0, 0.1) is 0 Å². The summed E-state index contributed by atoms with van der Waals surface area (Å²) < 4.78 is 507. The summed E-state index contributed by atoms with van der Waals surface area (Å²) in [6.07, 6.45) is -60.1. The molecule has 6 nitrogen and oxygen atoms in total. The number of hydrogen-bond donors (Lipinski definition) is 0. The first kappa shape index (κ1) is 87.6. The molecule has 0 aromatic carbocycles. The van der Waals surface area contributed by atoms with Crippen LogP contribution in [0.1, 0.15) is 12.8 Å². The Morgan fingerprint density at radius 2 is 0.622 bits per heavy atom. The van der Waals surface area contributed by atoms with Crippen LogP contribution in [0.5, 0.6) is 0 Å². The number of rotatable bonds is 21. The summed E-state index contributed by atoms with van der Waals surface area (Å²) in [5.41, 5.74) is -5.37. The van der Waals surface area contributed by atoms with E-state index in [2.05, 4.69) is 67.9 Å². The summed E-state index contributed by atoms with van der Waals surface area (Å²) in [6.45, 7) is 11.9. The molecular formula is C35H29F41O6. The van der Waals surface area contributed by atoms with Crippen molar-refractivity contribution in [2.45, 2.75) is 122 Å². The number of hydrogen-bond acceptors (Lipinski definition) is 6. The monoisotopic (exact) mass is 1320 g/mol. The summed E-state index contributed by atoms with van der Waals surface area (Å²) in [5, 5.41) is 0. The quantitative estimate of drug-likeness (QED) is 0.0648. The Morgan fingerprint density at radius 1 is 0.317 bits per heavy atom. The standard InChI is InChI=1S/C9H10F8O.C7H3F11O.C6H5F7O.C5H3F7O.C4H3F5O.C4H5F3O/c1-2-18-5-3-4-7(12,13)9(16,17)8(14,15)6(10)11;1-2-19-5(12,3(8,9)6(13,14)15)4(10,11)7(16,17)18;1-2-14-3-4(7,5(8,9)10)6(11,12)13;1-2-13-3(6,4(7,8)9)5(10,11)12;1-2-10-4(8,9)3(5,6)7;1-2-8-3-4(5,6)7/h2,6H,1,3-5H2;2H,1H2;2H,1,3H2;2H,1H2;2H,1H2;2H,1,3H2. The normalized spacial score (nSPS) is 13.8. The van der Waals surface area contributed by atoms with E-state index in [-0.39, 0.29) is 12.5 Å². The van der Waals surface area contributed by atoms with Crippen LogP contribution in [0.4, 0.5) is 180 Å². The van der Waals surface area contributed by atoms with Gasteiger partial charge >= 0.3 is 109 Å². The van der Waals surface area contributed by atoms with Crippen molar-refractivity contribution >= 4 is 0 Å². The molecule has 0 aliphatic carbocycles. The van der Waals surface area contributed by atoms with Crippen molar-refractivity contribution in [2.75, 3.05) is 19.8 Å². The Morgan fingerprint density at radius 3 is 0.817 bits per heavy atom. The van der Waals surface area contributed by atoms with Crippen molar-refractivity contribution in [1.82, 2.24) is 0 Å². The molecule has 0 bridgehead atoms. The van der Waals surface area contributed by atoms with Gasteiger partial charge in [0.1, 0.15) is 6.61 Å². The van der Waals surface area contributed by atoms with E-state index in [9.17, 15) is 180 Å². The fourth-order valence-corrected chi connectivity index (χ4v) is 3.06. The van der Waals surface area contributed by atoms with Gasteiger partial charge in [-0.1, -0.05) is 39.5 Å². The number of ether oxygens (including phenoxy) is 6. The Labute approximate surface area is 428 Å². The Kier molecular flexibility index (Phi) is 32.9. The predicted octanol–water partition coefficient (Wildman–Crippen LogP) is 18.2. The van der Waals surface area contributed by atoms with Crippen LogP contribution >= 0.6 is 0 Å². The van der Waals surface area contributed by atoms with E-state index >= 15 is 0 Å². The fraction of sp³-hybridized carbons (Fsp3) is 0.657. The minimum absolute atomic E-state index is 0.0352. The second-order valence-electron chi connectivity index (χ2n) is 12.9. The van der Waals surface area contributed by atoms with E-state index in [1.807, 2.05) is 0 Å². The maximum atomic E-state index is 13.1. The molecule has 0 atom stereocenters. The zero-order valence-electron chi connectivity index (χ0n) is 38.3. The molecule has 492 valence electrons. The third-order valence-electron chi connectivity index (χ3n) is 6.99. The first-order valence-corrected chi connectivity index (χ1v) is 18.2. The second-order valence-corrected chi connectivity index (χ2v) is 12.9. The van der Waals surface area contributed by atoms with E-state index < -0.39 is 148 Å². The molecular weight excluding hydrogens is 1300 g/mol.